The number of hydrogen-bond donors (Lipinski definition) is 0. The zero-order chi connectivity index (χ0) is 29.4. The second-order valence-electron chi connectivity index (χ2n) is 14.9. The van der Waals surface area contributed by atoms with Gasteiger partial charge in [0.15, 0.2) is 0 Å². The van der Waals surface area contributed by atoms with Crippen LogP contribution >= 0.6 is 0 Å². The standard InChI is InChI=1S/C36H48N2O3/c1-34(2,33(25(22-37)23-38)24-9-6-5-7-10-24)18-8-11-32(40)41-27-16-19-35(3)26(21-27)12-13-28-29-14-15-31(39)36(29,4)20-17-30(28)35/h5-7,9-10,25-30,33H,8,11-21H2,1-4H3/t26?,27-,28-,29-,30-,33?,35-,36-/m0/s1. The van der Waals surface area contributed by atoms with E-state index >= 15 is 0 Å². The van der Waals surface area contributed by atoms with E-state index in [1.165, 1.54) is 19.3 Å². The fourth-order valence-electron chi connectivity index (χ4n) is 10.1. The van der Waals surface area contributed by atoms with Crippen LogP contribution in [0, 0.1) is 68.5 Å². The summed E-state index contributed by atoms with van der Waals surface area (Å²) in [5, 5.41) is 19.4. The Kier molecular flexibility index (Phi) is 8.40. The van der Waals surface area contributed by atoms with Gasteiger partial charge in [-0.3, -0.25) is 9.59 Å². The van der Waals surface area contributed by atoms with Gasteiger partial charge in [-0.05, 0) is 104 Å². The maximum atomic E-state index is 13.0. The van der Waals surface area contributed by atoms with Crippen molar-refractivity contribution in [2.75, 3.05) is 0 Å². The van der Waals surface area contributed by atoms with Crippen molar-refractivity contribution in [2.45, 2.75) is 117 Å². The van der Waals surface area contributed by atoms with Crippen molar-refractivity contribution in [2.24, 2.45) is 45.8 Å². The lowest BCUT2D eigenvalue weighted by Gasteiger charge is -2.60. The molecule has 0 N–H and O–H groups in total. The van der Waals surface area contributed by atoms with Gasteiger partial charge in [0.2, 0.25) is 0 Å². The molecule has 4 fully saturated rings. The van der Waals surface area contributed by atoms with Crippen LogP contribution in [0.5, 0.6) is 0 Å². The minimum Gasteiger partial charge on any atom is -0.462 e. The normalized spacial score (nSPS) is 35.4. The molecule has 0 spiro atoms. The summed E-state index contributed by atoms with van der Waals surface area (Å²) in [5.74, 6) is 1.99. The molecule has 0 amide bonds. The van der Waals surface area contributed by atoms with Gasteiger partial charge in [-0.1, -0.05) is 58.0 Å². The highest BCUT2D eigenvalue weighted by atomic mass is 16.5. The smallest absolute Gasteiger partial charge is 0.306 e. The van der Waals surface area contributed by atoms with E-state index in [1.54, 1.807) is 0 Å². The van der Waals surface area contributed by atoms with Gasteiger partial charge in [-0.15, -0.1) is 0 Å². The molecular weight excluding hydrogens is 508 g/mol. The number of carbonyl (C=O) groups excluding carboxylic acids is 2. The Morgan fingerprint density at radius 1 is 1.02 bits per heavy atom. The van der Waals surface area contributed by atoms with E-state index in [4.69, 9.17) is 4.74 Å². The maximum Gasteiger partial charge on any atom is 0.306 e. The first-order chi connectivity index (χ1) is 19.5. The van der Waals surface area contributed by atoms with Crippen molar-refractivity contribution in [1.82, 2.24) is 0 Å². The molecule has 0 aromatic heterocycles. The third kappa shape index (κ3) is 5.47. The van der Waals surface area contributed by atoms with E-state index in [0.29, 0.717) is 47.7 Å². The first kappa shape index (κ1) is 29.8. The van der Waals surface area contributed by atoms with Gasteiger partial charge in [-0.25, -0.2) is 0 Å². The Morgan fingerprint density at radius 3 is 2.46 bits per heavy atom. The summed E-state index contributed by atoms with van der Waals surface area (Å²) < 4.78 is 6.08. The highest BCUT2D eigenvalue weighted by Crippen LogP contribution is 2.65. The van der Waals surface area contributed by atoms with Gasteiger partial charge < -0.3 is 4.74 Å². The molecular formula is C36H48N2O3. The Labute approximate surface area is 247 Å². The Hall–Kier alpha value is -2.66. The molecule has 1 aromatic carbocycles. The second kappa shape index (κ2) is 11.6. The van der Waals surface area contributed by atoms with Crippen LogP contribution in [0.4, 0.5) is 0 Å². The summed E-state index contributed by atoms with van der Waals surface area (Å²) >= 11 is 0. The van der Waals surface area contributed by atoms with Crippen LogP contribution in [0.15, 0.2) is 30.3 Å². The lowest BCUT2D eigenvalue weighted by Crippen LogP contribution is -2.54. The van der Waals surface area contributed by atoms with E-state index in [9.17, 15) is 20.1 Å². The number of esters is 1. The lowest BCUT2D eigenvalue weighted by molar-refractivity contribution is -0.162. The average Bonchev–Trinajstić information content (AvgIpc) is 3.26. The van der Waals surface area contributed by atoms with Crippen LogP contribution in [0.3, 0.4) is 0 Å². The largest absolute Gasteiger partial charge is 0.462 e. The number of fused-ring (bicyclic) bond motifs is 5. The summed E-state index contributed by atoms with van der Waals surface area (Å²) in [6, 6.07) is 14.2. The highest BCUT2D eigenvalue weighted by molar-refractivity contribution is 5.87. The zero-order valence-corrected chi connectivity index (χ0v) is 25.5. The fraction of sp³-hybridized carbons (Fsp3) is 0.722. The molecule has 5 nitrogen and oxygen atoms in total. The molecule has 4 aliphatic rings. The zero-order valence-electron chi connectivity index (χ0n) is 25.5. The van der Waals surface area contributed by atoms with Crippen molar-refractivity contribution in [3.63, 3.8) is 0 Å². The Balaban J connectivity index is 1.14. The molecule has 0 saturated heterocycles. The number of hydrogen-bond acceptors (Lipinski definition) is 5. The molecule has 5 rings (SSSR count). The summed E-state index contributed by atoms with van der Waals surface area (Å²) in [6.07, 6.45) is 11.3. The SMILES string of the molecule is CC(C)(CCCC(=O)O[C@H]1CC[C@@]2(C)C(CC[C@@H]3[C@@H]2CC[C@]2(C)C(=O)CC[C@@H]32)C1)C(c1ccccc1)C(C#N)C#N. The maximum absolute atomic E-state index is 13.0. The van der Waals surface area contributed by atoms with Crippen LogP contribution in [-0.2, 0) is 14.3 Å². The van der Waals surface area contributed by atoms with Gasteiger partial charge in [0.05, 0.1) is 12.1 Å². The van der Waals surface area contributed by atoms with Crippen molar-refractivity contribution in [1.29, 1.82) is 10.5 Å². The first-order valence-electron chi connectivity index (χ1n) is 16.1. The number of rotatable bonds is 8. The van der Waals surface area contributed by atoms with Crippen LogP contribution in [-0.4, -0.2) is 17.9 Å². The minimum absolute atomic E-state index is 0.00526. The molecule has 41 heavy (non-hydrogen) atoms. The molecule has 0 radical (unpaired) electrons. The summed E-state index contributed by atoms with van der Waals surface area (Å²) in [5.41, 5.74) is 0.906. The first-order valence-corrected chi connectivity index (χ1v) is 16.1. The molecule has 5 heteroatoms. The average molecular weight is 557 g/mol. The summed E-state index contributed by atoms with van der Waals surface area (Å²) in [7, 11) is 0. The van der Waals surface area contributed by atoms with E-state index in [2.05, 4.69) is 39.8 Å². The van der Waals surface area contributed by atoms with Crippen molar-refractivity contribution in [3.05, 3.63) is 35.9 Å². The number of ether oxygens (including phenoxy) is 1. The number of benzene rings is 1. The van der Waals surface area contributed by atoms with Gasteiger partial charge >= 0.3 is 5.97 Å². The van der Waals surface area contributed by atoms with Crippen molar-refractivity contribution >= 4 is 11.8 Å². The molecule has 2 unspecified atom stereocenters. The second-order valence-corrected chi connectivity index (χ2v) is 14.9. The molecule has 0 heterocycles. The van der Waals surface area contributed by atoms with Gasteiger partial charge in [0, 0.05) is 24.2 Å². The molecule has 1 aromatic rings. The predicted octanol–water partition coefficient (Wildman–Crippen LogP) is 8.15. The van der Waals surface area contributed by atoms with Crippen molar-refractivity contribution < 1.29 is 14.3 Å². The molecule has 4 aliphatic carbocycles. The Morgan fingerprint density at radius 2 is 1.76 bits per heavy atom. The summed E-state index contributed by atoms with van der Waals surface area (Å²) in [6.45, 7) is 8.96. The lowest BCUT2D eigenvalue weighted by atomic mass is 9.45. The highest BCUT2D eigenvalue weighted by Gasteiger charge is 2.60. The third-order valence-corrected chi connectivity index (χ3v) is 12.4. The van der Waals surface area contributed by atoms with Gasteiger partial charge in [0.1, 0.15) is 17.8 Å². The monoisotopic (exact) mass is 556 g/mol. The molecule has 4 saturated carbocycles. The fourth-order valence-corrected chi connectivity index (χ4v) is 10.1. The van der Waals surface area contributed by atoms with E-state index in [-0.39, 0.29) is 28.8 Å². The summed E-state index contributed by atoms with van der Waals surface area (Å²) in [4.78, 5) is 25.7. The number of Topliss-reactive ketones (excluding diaryl/α,β-unsaturated/α-hetero) is 1. The molecule has 8 atom stereocenters. The van der Waals surface area contributed by atoms with E-state index < -0.39 is 5.92 Å². The van der Waals surface area contributed by atoms with Crippen LogP contribution < -0.4 is 0 Å². The number of carbonyl (C=O) groups is 2. The molecule has 0 aliphatic heterocycles. The molecule has 0 bridgehead atoms. The van der Waals surface area contributed by atoms with Gasteiger partial charge in [0.25, 0.3) is 0 Å². The predicted molar refractivity (Wildman–Crippen MR) is 158 cm³/mol. The number of ketones is 1. The topological polar surface area (TPSA) is 90.9 Å². The van der Waals surface area contributed by atoms with E-state index in [0.717, 1.165) is 50.5 Å². The number of nitrogens with zero attached hydrogens (tertiary/aromatic N) is 2. The van der Waals surface area contributed by atoms with E-state index in [1.807, 2.05) is 30.3 Å². The van der Waals surface area contributed by atoms with Crippen LogP contribution in [0.25, 0.3) is 0 Å². The minimum atomic E-state index is -0.738. The van der Waals surface area contributed by atoms with Crippen molar-refractivity contribution in [3.8, 4) is 12.1 Å². The van der Waals surface area contributed by atoms with Crippen LogP contribution in [0.1, 0.15) is 116 Å². The number of nitriles is 2. The molecule has 220 valence electrons. The Bertz CT molecular complexity index is 1200. The van der Waals surface area contributed by atoms with Crippen LogP contribution in [0.2, 0.25) is 0 Å². The van der Waals surface area contributed by atoms with Gasteiger partial charge in [-0.2, -0.15) is 10.5 Å². The quantitative estimate of drug-likeness (QED) is 0.301. The third-order valence-electron chi connectivity index (χ3n) is 12.4.